The summed E-state index contributed by atoms with van der Waals surface area (Å²) in [7, 11) is 0. The van der Waals surface area contributed by atoms with Gasteiger partial charge in [0.05, 0.1) is 0 Å². The highest BCUT2D eigenvalue weighted by molar-refractivity contribution is 5.24. The second kappa shape index (κ2) is 5.29. The maximum Gasteiger partial charge on any atom is 0.108 e. The van der Waals surface area contributed by atoms with Gasteiger partial charge in [0.2, 0.25) is 0 Å². The van der Waals surface area contributed by atoms with Crippen LogP contribution in [-0.2, 0) is 10.3 Å². The van der Waals surface area contributed by atoms with Gasteiger partial charge >= 0.3 is 0 Å². The van der Waals surface area contributed by atoms with E-state index in [1.807, 2.05) is 32.0 Å². The Morgan fingerprint density at radius 3 is 2.27 bits per heavy atom. The second-order valence-corrected chi connectivity index (χ2v) is 3.83. The third-order valence-electron chi connectivity index (χ3n) is 2.93. The van der Waals surface area contributed by atoms with Gasteiger partial charge in [-0.15, -0.1) is 0 Å². The number of hydrogen-bond donors (Lipinski definition) is 1. The fourth-order valence-electron chi connectivity index (χ4n) is 2.08. The van der Waals surface area contributed by atoms with E-state index < -0.39 is 0 Å². The molecule has 15 heavy (non-hydrogen) atoms. The van der Waals surface area contributed by atoms with Gasteiger partial charge in [0.15, 0.2) is 0 Å². The van der Waals surface area contributed by atoms with Gasteiger partial charge in [-0.05, 0) is 25.8 Å². The number of hydrogen-bond acceptors (Lipinski definition) is 2. The lowest BCUT2D eigenvalue weighted by molar-refractivity contribution is -0.0627. The molecule has 0 aliphatic heterocycles. The van der Waals surface area contributed by atoms with E-state index in [2.05, 4.69) is 19.1 Å². The molecule has 84 valence electrons. The van der Waals surface area contributed by atoms with Crippen molar-refractivity contribution in [1.82, 2.24) is 0 Å². The quantitative estimate of drug-likeness (QED) is 0.805. The normalized spacial score (nSPS) is 17.1. The van der Waals surface area contributed by atoms with Crippen molar-refractivity contribution in [1.29, 1.82) is 0 Å². The molecule has 2 nitrogen and oxygen atoms in total. The summed E-state index contributed by atoms with van der Waals surface area (Å²) in [5, 5.41) is 0. The van der Waals surface area contributed by atoms with Crippen LogP contribution < -0.4 is 5.73 Å². The van der Waals surface area contributed by atoms with E-state index in [1.165, 1.54) is 5.56 Å². The Labute approximate surface area is 92.4 Å². The van der Waals surface area contributed by atoms with Crippen LogP contribution in [0.15, 0.2) is 30.3 Å². The Hall–Kier alpha value is -0.860. The highest BCUT2D eigenvalue weighted by atomic mass is 16.5. The number of ether oxygens (including phenoxy) is 1. The third-order valence-corrected chi connectivity index (χ3v) is 2.93. The van der Waals surface area contributed by atoms with E-state index in [0.717, 1.165) is 6.42 Å². The van der Waals surface area contributed by atoms with E-state index in [1.54, 1.807) is 0 Å². The number of nitrogens with two attached hydrogens (primary N) is 1. The van der Waals surface area contributed by atoms with E-state index in [0.29, 0.717) is 6.61 Å². The summed E-state index contributed by atoms with van der Waals surface area (Å²) >= 11 is 0. The number of rotatable bonds is 5. The van der Waals surface area contributed by atoms with Crippen molar-refractivity contribution in [3.05, 3.63) is 35.9 Å². The van der Waals surface area contributed by atoms with E-state index in [-0.39, 0.29) is 11.6 Å². The maximum absolute atomic E-state index is 6.08. The molecular weight excluding hydrogens is 186 g/mol. The van der Waals surface area contributed by atoms with Crippen molar-refractivity contribution in [2.75, 3.05) is 6.61 Å². The fourth-order valence-corrected chi connectivity index (χ4v) is 2.08. The van der Waals surface area contributed by atoms with Gasteiger partial charge in [0.25, 0.3) is 0 Å². The summed E-state index contributed by atoms with van der Waals surface area (Å²) in [5.74, 6) is 0. The Kier molecular flexibility index (Phi) is 4.30. The second-order valence-electron chi connectivity index (χ2n) is 3.83. The zero-order valence-electron chi connectivity index (χ0n) is 9.86. The van der Waals surface area contributed by atoms with Crippen LogP contribution >= 0.6 is 0 Å². The van der Waals surface area contributed by atoms with Crippen LogP contribution in [0.4, 0.5) is 0 Å². The maximum atomic E-state index is 6.08. The van der Waals surface area contributed by atoms with Crippen molar-refractivity contribution in [3.8, 4) is 0 Å². The van der Waals surface area contributed by atoms with Crippen LogP contribution in [0.1, 0.15) is 32.8 Å². The molecule has 1 aromatic carbocycles. The summed E-state index contributed by atoms with van der Waals surface area (Å²) in [5.41, 5.74) is 6.91. The molecule has 0 amide bonds. The smallest absolute Gasteiger partial charge is 0.108 e. The van der Waals surface area contributed by atoms with Crippen LogP contribution in [0.5, 0.6) is 0 Å². The minimum Gasteiger partial charge on any atom is -0.369 e. The van der Waals surface area contributed by atoms with E-state index >= 15 is 0 Å². The summed E-state index contributed by atoms with van der Waals surface area (Å²) in [4.78, 5) is 0. The van der Waals surface area contributed by atoms with Gasteiger partial charge in [-0.3, -0.25) is 0 Å². The number of benzene rings is 1. The lowest BCUT2D eigenvalue weighted by Crippen LogP contribution is -2.45. The molecule has 1 rings (SSSR count). The minimum absolute atomic E-state index is 0.00940. The molecule has 0 spiro atoms. The van der Waals surface area contributed by atoms with Gasteiger partial charge < -0.3 is 10.5 Å². The van der Waals surface area contributed by atoms with Crippen molar-refractivity contribution < 1.29 is 4.74 Å². The van der Waals surface area contributed by atoms with Crippen molar-refractivity contribution >= 4 is 0 Å². The Morgan fingerprint density at radius 1 is 1.27 bits per heavy atom. The van der Waals surface area contributed by atoms with Gasteiger partial charge in [0.1, 0.15) is 5.60 Å². The highest BCUT2D eigenvalue weighted by Gasteiger charge is 2.34. The molecule has 0 aliphatic carbocycles. The molecule has 0 aromatic heterocycles. The standard InChI is InChI=1S/C13H21NO/c1-4-13(11(3)14,15-5-2)12-9-7-6-8-10-12/h6-11H,4-5,14H2,1-3H3. The van der Waals surface area contributed by atoms with Crippen molar-refractivity contribution in [2.24, 2.45) is 5.73 Å². The molecular formula is C13H21NO. The zero-order chi connectivity index (χ0) is 11.3. The van der Waals surface area contributed by atoms with Gasteiger partial charge in [-0.25, -0.2) is 0 Å². The SMILES string of the molecule is CCOC(CC)(c1ccccc1)C(C)N. The first-order valence-corrected chi connectivity index (χ1v) is 5.62. The third kappa shape index (κ3) is 2.39. The first-order chi connectivity index (χ1) is 7.17. The molecule has 2 heteroatoms. The molecule has 0 radical (unpaired) electrons. The summed E-state index contributed by atoms with van der Waals surface area (Å²) < 4.78 is 5.90. The zero-order valence-corrected chi connectivity index (χ0v) is 9.86. The Bertz CT molecular complexity index is 284. The van der Waals surface area contributed by atoms with Crippen LogP contribution in [0, 0.1) is 0 Å². The Morgan fingerprint density at radius 2 is 1.87 bits per heavy atom. The van der Waals surface area contributed by atoms with Crippen LogP contribution in [0.3, 0.4) is 0 Å². The predicted octanol–water partition coefficient (Wildman–Crippen LogP) is 2.68. The molecule has 2 atom stereocenters. The molecule has 0 aliphatic rings. The summed E-state index contributed by atoms with van der Waals surface area (Å²) in [6.07, 6.45) is 0.891. The topological polar surface area (TPSA) is 35.2 Å². The van der Waals surface area contributed by atoms with E-state index in [4.69, 9.17) is 10.5 Å². The Balaban J connectivity index is 3.09. The van der Waals surface area contributed by atoms with Crippen molar-refractivity contribution in [2.45, 2.75) is 38.8 Å². The highest BCUT2D eigenvalue weighted by Crippen LogP contribution is 2.32. The summed E-state index contributed by atoms with van der Waals surface area (Å²) in [6, 6.07) is 10.2. The first kappa shape index (κ1) is 12.2. The van der Waals surface area contributed by atoms with Crippen LogP contribution in [0.25, 0.3) is 0 Å². The lowest BCUT2D eigenvalue weighted by atomic mass is 9.85. The largest absolute Gasteiger partial charge is 0.369 e. The molecule has 0 heterocycles. The van der Waals surface area contributed by atoms with E-state index in [9.17, 15) is 0 Å². The minimum atomic E-state index is -0.337. The predicted molar refractivity (Wildman–Crippen MR) is 63.7 cm³/mol. The van der Waals surface area contributed by atoms with Gasteiger partial charge in [-0.2, -0.15) is 0 Å². The molecule has 0 fully saturated rings. The lowest BCUT2D eigenvalue weighted by Gasteiger charge is -2.36. The van der Waals surface area contributed by atoms with Gasteiger partial charge in [-0.1, -0.05) is 37.3 Å². The average Bonchev–Trinajstić information content (AvgIpc) is 2.26. The monoisotopic (exact) mass is 207 g/mol. The molecule has 0 saturated heterocycles. The molecule has 0 saturated carbocycles. The molecule has 1 aromatic rings. The van der Waals surface area contributed by atoms with Crippen LogP contribution in [0.2, 0.25) is 0 Å². The molecule has 2 unspecified atom stereocenters. The molecule has 0 bridgehead atoms. The van der Waals surface area contributed by atoms with Gasteiger partial charge in [0, 0.05) is 12.6 Å². The van der Waals surface area contributed by atoms with Crippen LogP contribution in [-0.4, -0.2) is 12.6 Å². The molecule has 2 N–H and O–H groups in total. The first-order valence-electron chi connectivity index (χ1n) is 5.62. The average molecular weight is 207 g/mol. The fraction of sp³-hybridized carbons (Fsp3) is 0.538. The van der Waals surface area contributed by atoms with Crippen molar-refractivity contribution in [3.63, 3.8) is 0 Å². The summed E-state index contributed by atoms with van der Waals surface area (Å²) in [6.45, 7) is 6.82.